The SMILES string of the molecule is CCOc1ccc(SCc2nc(-c3cccs3)oc2C)cc1. The van der Waals surface area contributed by atoms with Gasteiger partial charge in [-0.1, -0.05) is 6.07 Å². The molecule has 0 saturated heterocycles. The maximum absolute atomic E-state index is 5.76. The first-order valence-corrected chi connectivity index (χ1v) is 8.98. The monoisotopic (exact) mass is 331 g/mol. The second-order valence-electron chi connectivity index (χ2n) is 4.69. The van der Waals surface area contributed by atoms with E-state index in [0.717, 1.165) is 33.7 Å². The van der Waals surface area contributed by atoms with Crippen LogP contribution in [0.15, 0.2) is 51.1 Å². The topological polar surface area (TPSA) is 35.3 Å². The van der Waals surface area contributed by atoms with Gasteiger partial charge in [-0.2, -0.15) is 0 Å². The zero-order valence-corrected chi connectivity index (χ0v) is 14.2. The molecule has 0 aliphatic heterocycles. The maximum Gasteiger partial charge on any atom is 0.236 e. The van der Waals surface area contributed by atoms with Crippen LogP contribution in [0.5, 0.6) is 5.75 Å². The number of aryl methyl sites for hydroxylation is 1. The van der Waals surface area contributed by atoms with Gasteiger partial charge in [-0.05, 0) is 49.6 Å². The minimum absolute atomic E-state index is 0.691. The highest BCUT2D eigenvalue weighted by Crippen LogP contribution is 2.30. The number of nitrogens with zero attached hydrogens (tertiary/aromatic N) is 1. The maximum atomic E-state index is 5.76. The van der Waals surface area contributed by atoms with E-state index in [0.29, 0.717) is 6.61 Å². The van der Waals surface area contributed by atoms with Crippen LogP contribution in [0.25, 0.3) is 10.8 Å². The normalized spacial score (nSPS) is 10.8. The third-order valence-corrected chi connectivity index (χ3v) is 5.02. The summed E-state index contributed by atoms with van der Waals surface area (Å²) in [4.78, 5) is 6.88. The van der Waals surface area contributed by atoms with Crippen molar-refractivity contribution in [1.82, 2.24) is 4.98 Å². The molecule has 5 heteroatoms. The van der Waals surface area contributed by atoms with Gasteiger partial charge in [0, 0.05) is 10.6 Å². The zero-order chi connectivity index (χ0) is 15.4. The van der Waals surface area contributed by atoms with E-state index in [9.17, 15) is 0 Å². The van der Waals surface area contributed by atoms with Crippen molar-refractivity contribution in [2.24, 2.45) is 0 Å². The molecule has 0 atom stereocenters. The number of thioether (sulfide) groups is 1. The van der Waals surface area contributed by atoms with Gasteiger partial charge in [0.2, 0.25) is 5.89 Å². The Morgan fingerprint density at radius 3 is 2.73 bits per heavy atom. The van der Waals surface area contributed by atoms with Crippen LogP contribution in [-0.2, 0) is 5.75 Å². The molecule has 0 fully saturated rings. The summed E-state index contributed by atoms with van der Waals surface area (Å²) in [5.41, 5.74) is 1.00. The van der Waals surface area contributed by atoms with E-state index in [-0.39, 0.29) is 0 Å². The summed E-state index contributed by atoms with van der Waals surface area (Å²) >= 11 is 3.39. The van der Waals surface area contributed by atoms with Crippen molar-refractivity contribution in [3.63, 3.8) is 0 Å². The summed E-state index contributed by atoms with van der Waals surface area (Å²) in [5, 5.41) is 2.03. The Kier molecular flexibility index (Phi) is 4.85. The molecule has 22 heavy (non-hydrogen) atoms. The fourth-order valence-corrected chi connectivity index (χ4v) is 3.57. The molecule has 3 nitrogen and oxygen atoms in total. The highest BCUT2D eigenvalue weighted by Gasteiger charge is 2.12. The first kappa shape index (κ1) is 15.2. The molecule has 0 unspecified atom stereocenters. The quantitative estimate of drug-likeness (QED) is 0.566. The standard InChI is InChI=1S/C17H17NO2S2/c1-3-19-13-6-8-14(9-7-13)22-11-15-12(2)20-17(18-15)16-5-4-10-21-16/h4-10H,3,11H2,1-2H3. The third kappa shape index (κ3) is 3.54. The number of aromatic nitrogens is 1. The Hall–Kier alpha value is -1.72. The fourth-order valence-electron chi connectivity index (χ4n) is 2.02. The van der Waals surface area contributed by atoms with E-state index in [1.807, 2.05) is 43.5 Å². The van der Waals surface area contributed by atoms with Crippen LogP contribution in [-0.4, -0.2) is 11.6 Å². The van der Waals surface area contributed by atoms with Gasteiger partial charge in [0.1, 0.15) is 11.5 Å². The number of hydrogen-bond acceptors (Lipinski definition) is 5. The van der Waals surface area contributed by atoms with Gasteiger partial charge in [0.25, 0.3) is 0 Å². The Morgan fingerprint density at radius 2 is 2.05 bits per heavy atom. The molecule has 2 aromatic heterocycles. The highest BCUT2D eigenvalue weighted by molar-refractivity contribution is 7.98. The molecule has 114 valence electrons. The first-order chi connectivity index (χ1) is 10.8. The molecule has 3 rings (SSSR count). The van der Waals surface area contributed by atoms with Gasteiger partial charge in [-0.3, -0.25) is 0 Å². The van der Waals surface area contributed by atoms with Crippen LogP contribution in [0.2, 0.25) is 0 Å². The van der Waals surface area contributed by atoms with Gasteiger partial charge in [0.05, 0.1) is 17.2 Å². The Labute approximate surface area is 138 Å². The van der Waals surface area contributed by atoms with Crippen LogP contribution in [0, 0.1) is 6.92 Å². The van der Waals surface area contributed by atoms with Crippen LogP contribution in [0.3, 0.4) is 0 Å². The number of rotatable bonds is 6. The van der Waals surface area contributed by atoms with Crippen molar-refractivity contribution in [2.45, 2.75) is 24.5 Å². The number of thiophene rings is 1. The second kappa shape index (κ2) is 7.03. The summed E-state index contributed by atoms with van der Waals surface area (Å²) in [6.07, 6.45) is 0. The third-order valence-electron chi connectivity index (χ3n) is 3.13. The van der Waals surface area contributed by atoms with Crippen LogP contribution < -0.4 is 4.74 Å². The van der Waals surface area contributed by atoms with Gasteiger partial charge < -0.3 is 9.15 Å². The molecule has 0 aliphatic carbocycles. The molecule has 1 aromatic carbocycles. The van der Waals surface area contributed by atoms with Crippen molar-refractivity contribution < 1.29 is 9.15 Å². The van der Waals surface area contributed by atoms with Crippen LogP contribution in [0.4, 0.5) is 0 Å². The van der Waals surface area contributed by atoms with Gasteiger partial charge in [-0.15, -0.1) is 23.1 Å². The van der Waals surface area contributed by atoms with Gasteiger partial charge in [-0.25, -0.2) is 4.98 Å². The number of hydrogen-bond donors (Lipinski definition) is 0. The summed E-state index contributed by atoms with van der Waals surface area (Å²) in [6.45, 7) is 4.65. The van der Waals surface area contributed by atoms with Crippen LogP contribution >= 0.6 is 23.1 Å². The average molecular weight is 331 g/mol. The van der Waals surface area contributed by atoms with Crippen LogP contribution in [0.1, 0.15) is 18.4 Å². The predicted molar refractivity (Wildman–Crippen MR) is 91.7 cm³/mol. The van der Waals surface area contributed by atoms with Crippen molar-refractivity contribution in [1.29, 1.82) is 0 Å². The molecule has 0 spiro atoms. The molecule has 0 amide bonds. The fraction of sp³-hybridized carbons (Fsp3) is 0.235. The molecule has 2 heterocycles. The summed E-state index contributed by atoms with van der Waals surface area (Å²) in [6, 6.07) is 12.2. The van der Waals surface area contributed by atoms with E-state index >= 15 is 0 Å². The largest absolute Gasteiger partial charge is 0.494 e. The minimum atomic E-state index is 0.691. The Balaban J connectivity index is 1.66. The van der Waals surface area contributed by atoms with Gasteiger partial charge >= 0.3 is 0 Å². The van der Waals surface area contributed by atoms with Crippen molar-refractivity contribution in [2.75, 3.05) is 6.61 Å². The summed E-state index contributed by atoms with van der Waals surface area (Å²) in [7, 11) is 0. The molecule has 0 bridgehead atoms. The van der Waals surface area contributed by atoms with E-state index in [4.69, 9.17) is 9.15 Å². The zero-order valence-electron chi connectivity index (χ0n) is 12.5. The van der Waals surface area contributed by atoms with E-state index in [1.165, 1.54) is 4.90 Å². The van der Waals surface area contributed by atoms with E-state index < -0.39 is 0 Å². The van der Waals surface area contributed by atoms with E-state index in [2.05, 4.69) is 17.1 Å². The lowest BCUT2D eigenvalue weighted by Crippen LogP contribution is -1.90. The Morgan fingerprint density at radius 1 is 1.23 bits per heavy atom. The molecule has 0 radical (unpaired) electrons. The summed E-state index contributed by atoms with van der Waals surface area (Å²) in [5.74, 6) is 3.32. The molecule has 0 aliphatic rings. The van der Waals surface area contributed by atoms with E-state index in [1.54, 1.807) is 23.1 Å². The first-order valence-electron chi connectivity index (χ1n) is 7.12. The molecule has 0 saturated carbocycles. The molecule has 3 aromatic rings. The number of oxazole rings is 1. The second-order valence-corrected chi connectivity index (χ2v) is 6.69. The lowest BCUT2D eigenvalue weighted by Gasteiger charge is -2.04. The van der Waals surface area contributed by atoms with Crippen molar-refractivity contribution in [3.05, 3.63) is 53.2 Å². The number of ether oxygens (including phenoxy) is 1. The average Bonchev–Trinajstić information content (AvgIpc) is 3.16. The Bertz CT molecular complexity index is 718. The number of benzene rings is 1. The minimum Gasteiger partial charge on any atom is -0.494 e. The van der Waals surface area contributed by atoms with Gasteiger partial charge in [0.15, 0.2) is 0 Å². The van der Waals surface area contributed by atoms with Crippen molar-refractivity contribution >= 4 is 23.1 Å². The molecular weight excluding hydrogens is 314 g/mol. The highest BCUT2D eigenvalue weighted by atomic mass is 32.2. The lowest BCUT2D eigenvalue weighted by molar-refractivity contribution is 0.340. The lowest BCUT2D eigenvalue weighted by atomic mass is 10.3. The van der Waals surface area contributed by atoms with Crippen molar-refractivity contribution in [3.8, 4) is 16.5 Å². The molecular formula is C17H17NO2S2. The predicted octanol–water partition coefficient (Wildman–Crippen LogP) is 5.40. The molecule has 0 N–H and O–H groups in total. The smallest absolute Gasteiger partial charge is 0.236 e. The summed E-state index contributed by atoms with van der Waals surface area (Å²) < 4.78 is 11.2.